The zero-order valence-electron chi connectivity index (χ0n) is 17.6. The summed E-state index contributed by atoms with van der Waals surface area (Å²) in [5.41, 5.74) is 0.498. The van der Waals surface area contributed by atoms with Crippen molar-refractivity contribution in [2.24, 2.45) is 7.05 Å². The van der Waals surface area contributed by atoms with E-state index in [2.05, 4.69) is 9.97 Å². The molecule has 8 nitrogen and oxygen atoms in total. The molecule has 31 heavy (non-hydrogen) atoms. The lowest BCUT2D eigenvalue weighted by Crippen LogP contribution is -2.31. The van der Waals surface area contributed by atoms with Gasteiger partial charge in [-0.3, -0.25) is 19.1 Å². The Morgan fingerprint density at radius 3 is 2.71 bits per heavy atom. The zero-order valence-corrected chi connectivity index (χ0v) is 17.6. The molecule has 0 bridgehead atoms. The molecule has 160 valence electrons. The summed E-state index contributed by atoms with van der Waals surface area (Å²) in [6, 6.07) is 13.7. The summed E-state index contributed by atoms with van der Waals surface area (Å²) in [6.45, 7) is 2.39. The fourth-order valence-electron chi connectivity index (χ4n) is 3.74. The number of unbranched alkanes of at least 4 members (excludes halogenated alkanes) is 1. The molecule has 2 aromatic heterocycles. The maximum Gasteiger partial charge on any atom is 0.330 e. The number of esters is 1. The fourth-order valence-corrected chi connectivity index (χ4v) is 3.74. The van der Waals surface area contributed by atoms with Crippen LogP contribution in [-0.4, -0.2) is 25.1 Å². The quantitative estimate of drug-likeness (QED) is 0.464. The van der Waals surface area contributed by atoms with Crippen LogP contribution in [0.2, 0.25) is 0 Å². The molecule has 2 aromatic carbocycles. The smallest absolute Gasteiger partial charge is 0.330 e. The van der Waals surface area contributed by atoms with Gasteiger partial charge in [-0.15, -0.1) is 0 Å². The Morgan fingerprint density at radius 2 is 1.90 bits per heavy atom. The largest absolute Gasteiger partial charge is 0.457 e. The predicted molar refractivity (Wildman–Crippen MR) is 118 cm³/mol. The number of imidazole rings is 1. The number of carbonyl (C=O) groups is 1. The van der Waals surface area contributed by atoms with E-state index in [1.165, 1.54) is 4.57 Å². The minimum Gasteiger partial charge on any atom is -0.457 e. The number of benzene rings is 2. The van der Waals surface area contributed by atoms with Gasteiger partial charge >= 0.3 is 11.7 Å². The molecule has 0 aliphatic heterocycles. The van der Waals surface area contributed by atoms with E-state index in [4.69, 9.17) is 4.74 Å². The van der Waals surface area contributed by atoms with E-state index in [9.17, 15) is 14.4 Å². The van der Waals surface area contributed by atoms with E-state index < -0.39 is 11.2 Å². The Bertz CT molecular complexity index is 1370. The maximum absolute atomic E-state index is 12.5. The Morgan fingerprint density at radius 1 is 1.13 bits per heavy atom. The number of carbonyl (C=O) groups excluding carboxylic acids is 1. The Kier molecular flexibility index (Phi) is 5.70. The summed E-state index contributed by atoms with van der Waals surface area (Å²) in [4.78, 5) is 43.8. The molecule has 0 unspecified atom stereocenters. The number of hydrogen-bond acceptors (Lipinski definition) is 5. The first-order valence-electron chi connectivity index (χ1n) is 10.3. The number of H-pyrrole nitrogens is 1. The van der Waals surface area contributed by atoms with Gasteiger partial charge in [-0.05, 0) is 22.8 Å². The van der Waals surface area contributed by atoms with Crippen LogP contribution < -0.4 is 11.2 Å². The molecule has 0 saturated carbocycles. The molecule has 4 rings (SSSR count). The molecule has 0 aliphatic rings. The third kappa shape index (κ3) is 4.01. The average molecular weight is 420 g/mol. The van der Waals surface area contributed by atoms with E-state index in [0.29, 0.717) is 18.0 Å². The highest BCUT2D eigenvalue weighted by atomic mass is 16.5. The van der Waals surface area contributed by atoms with Gasteiger partial charge in [0.25, 0.3) is 5.56 Å². The molecule has 0 aliphatic carbocycles. The fraction of sp³-hybridized carbons (Fsp3) is 0.304. The molecule has 0 amide bonds. The first-order valence-corrected chi connectivity index (χ1v) is 10.3. The summed E-state index contributed by atoms with van der Waals surface area (Å²) in [5, 5.41) is 2.07. The second-order valence-electron chi connectivity index (χ2n) is 7.50. The monoisotopic (exact) mass is 420 g/mol. The van der Waals surface area contributed by atoms with Crippen LogP contribution in [0.25, 0.3) is 21.9 Å². The number of aryl methyl sites for hydroxylation is 2. The predicted octanol–water partition coefficient (Wildman–Crippen LogP) is 2.66. The maximum atomic E-state index is 12.5. The second-order valence-corrected chi connectivity index (χ2v) is 7.50. The van der Waals surface area contributed by atoms with Gasteiger partial charge in [0.1, 0.15) is 12.4 Å². The third-order valence-corrected chi connectivity index (χ3v) is 5.42. The molecule has 0 radical (unpaired) electrons. The molecule has 4 aromatic rings. The molecular formula is C23H24N4O4. The van der Waals surface area contributed by atoms with Crippen LogP contribution in [0.5, 0.6) is 0 Å². The van der Waals surface area contributed by atoms with Crippen LogP contribution >= 0.6 is 0 Å². The molecular weight excluding hydrogens is 396 g/mol. The molecule has 0 atom stereocenters. The molecule has 0 fully saturated rings. The highest BCUT2D eigenvalue weighted by Gasteiger charge is 2.17. The normalized spacial score (nSPS) is 11.3. The number of aromatic nitrogens is 4. The second kappa shape index (κ2) is 8.59. The summed E-state index contributed by atoms with van der Waals surface area (Å²) in [7, 11) is 1.67. The van der Waals surface area contributed by atoms with Crippen LogP contribution in [0.15, 0.2) is 52.1 Å². The summed E-state index contributed by atoms with van der Waals surface area (Å²) in [6.07, 6.45) is 1.82. The highest BCUT2D eigenvalue weighted by molar-refractivity contribution is 5.89. The van der Waals surface area contributed by atoms with Crippen molar-refractivity contribution in [2.75, 3.05) is 0 Å². The van der Waals surface area contributed by atoms with Gasteiger partial charge in [0, 0.05) is 13.6 Å². The van der Waals surface area contributed by atoms with E-state index in [-0.39, 0.29) is 24.5 Å². The van der Waals surface area contributed by atoms with Crippen molar-refractivity contribution in [3.8, 4) is 0 Å². The Labute approximate surface area is 178 Å². The van der Waals surface area contributed by atoms with Crippen LogP contribution in [0.1, 0.15) is 31.2 Å². The molecule has 8 heteroatoms. The lowest BCUT2D eigenvalue weighted by atomic mass is 10.0. The van der Waals surface area contributed by atoms with Crippen molar-refractivity contribution >= 4 is 27.9 Å². The van der Waals surface area contributed by atoms with Gasteiger partial charge in [-0.2, -0.15) is 0 Å². The Hall–Kier alpha value is -3.68. The molecule has 0 saturated heterocycles. The van der Waals surface area contributed by atoms with Crippen LogP contribution in [0.3, 0.4) is 0 Å². The lowest BCUT2D eigenvalue weighted by Gasteiger charge is -2.07. The van der Waals surface area contributed by atoms with Crippen molar-refractivity contribution < 1.29 is 9.53 Å². The number of ether oxygens (including phenoxy) is 1. The standard InChI is InChI=1S/C23H24N4O4/c1-3-4-12-27-21-20(22(29)25-23(27)30)26(2)18(24-21)14-31-19(28)13-16-10-7-9-15-8-5-6-11-17(15)16/h5-11H,3-4,12-14H2,1-2H3,(H,25,29,30). The number of rotatable bonds is 7. The Balaban J connectivity index is 1.57. The average Bonchev–Trinajstić information content (AvgIpc) is 3.09. The van der Waals surface area contributed by atoms with Crippen molar-refractivity contribution in [2.45, 2.75) is 39.3 Å². The topological polar surface area (TPSA) is 99.0 Å². The van der Waals surface area contributed by atoms with E-state index in [0.717, 1.165) is 29.2 Å². The van der Waals surface area contributed by atoms with E-state index in [1.807, 2.05) is 49.4 Å². The van der Waals surface area contributed by atoms with Crippen molar-refractivity contribution in [3.63, 3.8) is 0 Å². The first kappa shape index (κ1) is 20.6. The lowest BCUT2D eigenvalue weighted by molar-refractivity contribution is -0.144. The molecule has 1 N–H and O–H groups in total. The van der Waals surface area contributed by atoms with Crippen LogP contribution in [-0.2, 0) is 36.2 Å². The number of fused-ring (bicyclic) bond motifs is 2. The minimum absolute atomic E-state index is 0.0871. The van der Waals surface area contributed by atoms with E-state index in [1.54, 1.807) is 11.6 Å². The SMILES string of the molecule is CCCCn1c(=O)[nH]c(=O)c2c1nc(COC(=O)Cc1cccc3ccccc13)n2C. The van der Waals surface area contributed by atoms with Gasteiger partial charge in [0.15, 0.2) is 11.2 Å². The van der Waals surface area contributed by atoms with Crippen molar-refractivity contribution in [1.29, 1.82) is 0 Å². The number of aromatic amines is 1. The van der Waals surface area contributed by atoms with Gasteiger partial charge in [-0.25, -0.2) is 9.78 Å². The van der Waals surface area contributed by atoms with Gasteiger partial charge in [-0.1, -0.05) is 55.8 Å². The molecule has 2 heterocycles. The minimum atomic E-state index is -0.504. The highest BCUT2D eigenvalue weighted by Crippen LogP contribution is 2.19. The van der Waals surface area contributed by atoms with Crippen molar-refractivity contribution in [1.82, 2.24) is 19.1 Å². The first-order chi connectivity index (χ1) is 15.0. The third-order valence-electron chi connectivity index (χ3n) is 5.42. The van der Waals surface area contributed by atoms with Crippen LogP contribution in [0.4, 0.5) is 0 Å². The zero-order chi connectivity index (χ0) is 22.0. The summed E-state index contributed by atoms with van der Waals surface area (Å²) >= 11 is 0. The van der Waals surface area contributed by atoms with Crippen molar-refractivity contribution in [3.05, 3.63) is 74.7 Å². The molecule has 0 spiro atoms. The van der Waals surface area contributed by atoms with Gasteiger partial charge < -0.3 is 9.30 Å². The summed E-state index contributed by atoms with van der Waals surface area (Å²) < 4.78 is 8.49. The summed E-state index contributed by atoms with van der Waals surface area (Å²) in [5.74, 6) is 0.0170. The van der Waals surface area contributed by atoms with E-state index >= 15 is 0 Å². The van der Waals surface area contributed by atoms with Crippen LogP contribution in [0, 0.1) is 0 Å². The number of nitrogens with one attached hydrogen (secondary N) is 1. The van der Waals surface area contributed by atoms with Gasteiger partial charge in [0.05, 0.1) is 6.42 Å². The number of hydrogen-bond donors (Lipinski definition) is 1. The van der Waals surface area contributed by atoms with Gasteiger partial charge in [0.2, 0.25) is 0 Å². The number of nitrogens with zero attached hydrogens (tertiary/aromatic N) is 3.